The van der Waals surface area contributed by atoms with Crippen LogP contribution in [0.3, 0.4) is 0 Å². The van der Waals surface area contributed by atoms with Crippen LogP contribution in [0.5, 0.6) is 0 Å². The molecule has 4 rings (SSSR count). The summed E-state index contributed by atoms with van der Waals surface area (Å²) in [7, 11) is 0. The second-order valence-electron chi connectivity index (χ2n) is 6.30. The zero-order chi connectivity index (χ0) is 20.4. The first-order valence-corrected chi connectivity index (χ1v) is 8.83. The van der Waals surface area contributed by atoms with Crippen LogP contribution in [0.4, 0.5) is 0 Å². The van der Waals surface area contributed by atoms with Gasteiger partial charge in [-0.1, -0.05) is 30.3 Å². The van der Waals surface area contributed by atoms with E-state index in [0.29, 0.717) is 16.5 Å². The van der Waals surface area contributed by atoms with Crippen LogP contribution in [0.2, 0.25) is 0 Å². The maximum Gasteiger partial charge on any atom is 0.437 e. The molecule has 29 heavy (non-hydrogen) atoms. The van der Waals surface area contributed by atoms with Crippen molar-refractivity contribution in [3.05, 3.63) is 81.3 Å². The van der Waals surface area contributed by atoms with E-state index in [0.717, 1.165) is 4.68 Å². The predicted octanol–water partition coefficient (Wildman–Crippen LogP) is 2.04. The van der Waals surface area contributed by atoms with E-state index in [1.54, 1.807) is 55.5 Å². The summed E-state index contributed by atoms with van der Waals surface area (Å²) in [4.78, 5) is 43.3. The van der Waals surface area contributed by atoms with Crippen molar-refractivity contribution < 1.29 is 13.9 Å². The minimum absolute atomic E-state index is 0.108. The molecule has 0 radical (unpaired) electrons. The summed E-state index contributed by atoms with van der Waals surface area (Å²) in [5, 5.41) is 4.46. The molecule has 2 heterocycles. The first-order chi connectivity index (χ1) is 14.0. The molecule has 1 N–H and O–H groups in total. The van der Waals surface area contributed by atoms with Crippen molar-refractivity contribution in [3.8, 4) is 11.5 Å². The Morgan fingerprint density at radius 3 is 2.66 bits per heavy atom. The molecular weight excluding hydrogens is 376 g/mol. The Bertz CT molecular complexity index is 1290. The van der Waals surface area contributed by atoms with Crippen LogP contribution in [0.25, 0.3) is 22.4 Å². The highest BCUT2D eigenvalue weighted by Gasteiger charge is 2.18. The fourth-order valence-corrected chi connectivity index (χ4v) is 2.81. The molecule has 0 aliphatic heterocycles. The topological polar surface area (TPSA) is 120 Å². The van der Waals surface area contributed by atoms with Crippen molar-refractivity contribution in [2.75, 3.05) is 0 Å². The van der Waals surface area contributed by atoms with Gasteiger partial charge < -0.3 is 14.1 Å². The molecular formula is C20H16N4O5. The number of aromatic nitrogens is 4. The number of rotatable bonds is 5. The van der Waals surface area contributed by atoms with Gasteiger partial charge in [-0.25, -0.2) is 9.78 Å². The molecule has 2 aromatic heterocycles. The van der Waals surface area contributed by atoms with Gasteiger partial charge in [0.1, 0.15) is 6.54 Å². The minimum atomic E-state index is -0.823. The summed E-state index contributed by atoms with van der Waals surface area (Å²) in [6, 6.07) is 15.7. The lowest BCUT2D eigenvalue weighted by atomic mass is 10.2. The second kappa shape index (κ2) is 7.55. The lowest BCUT2D eigenvalue weighted by Crippen LogP contribution is -2.24. The summed E-state index contributed by atoms with van der Waals surface area (Å²) in [5.41, 5.74) is 0.783. The molecule has 146 valence electrons. The van der Waals surface area contributed by atoms with E-state index in [-0.39, 0.29) is 17.3 Å². The fourth-order valence-electron chi connectivity index (χ4n) is 2.81. The molecule has 0 fully saturated rings. The molecule has 9 heteroatoms. The molecule has 4 aromatic rings. The van der Waals surface area contributed by atoms with Crippen LogP contribution in [0.1, 0.15) is 18.9 Å². The van der Waals surface area contributed by atoms with Gasteiger partial charge in [-0.2, -0.15) is 4.68 Å². The highest BCUT2D eigenvalue weighted by atomic mass is 16.5. The van der Waals surface area contributed by atoms with Crippen LogP contribution >= 0.6 is 0 Å². The Morgan fingerprint density at radius 1 is 1.14 bits per heavy atom. The Kier molecular flexibility index (Phi) is 4.78. The standard InChI is InChI=1S/C20H16N4O5/c1-12(17-21-15-10-6-5-9-14(15)18(26)22-17)28-16(25)11-24-20(27)29-19(23-24)13-7-3-2-4-8-13/h2-10,12H,11H2,1H3,(H,21,22,26). The third kappa shape index (κ3) is 3.84. The van der Waals surface area contributed by atoms with Gasteiger partial charge in [-0.05, 0) is 31.2 Å². The number of fused-ring (bicyclic) bond motifs is 1. The third-order valence-corrected chi connectivity index (χ3v) is 4.23. The maximum absolute atomic E-state index is 12.3. The van der Waals surface area contributed by atoms with E-state index in [2.05, 4.69) is 15.1 Å². The van der Waals surface area contributed by atoms with Crippen molar-refractivity contribution in [2.45, 2.75) is 19.6 Å². The van der Waals surface area contributed by atoms with Gasteiger partial charge in [-0.3, -0.25) is 9.59 Å². The first-order valence-electron chi connectivity index (χ1n) is 8.83. The number of hydrogen-bond donors (Lipinski definition) is 1. The monoisotopic (exact) mass is 392 g/mol. The molecule has 0 spiro atoms. The van der Waals surface area contributed by atoms with Gasteiger partial charge in [0.2, 0.25) is 5.89 Å². The van der Waals surface area contributed by atoms with Crippen molar-refractivity contribution in [1.29, 1.82) is 0 Å². The van der Waals surface area contributed by atoms with Crippen molar-refractivity contribution in [2.24, 2.45) is 0 Å². The third-order valence-electron chi connectivity index (χ3n) is 4.23. The average molecular weight is 392 g/mol. The number of para-hydroxylation sites is 1. The molecule has 0 bridgehead atoms. The number of carbonyl (C=O) groups excluding carboxylic acids is 1. The highest BCUT2D eigenvalue weighted by molar-refractivity contribution is 5.77. The van der Waals surface area contributed by atoms with Crippen molar-refractivity contribution >= 4 is 16.9 Å². The molecule has 9 nitrogen and oxygen atoms in total. The molecule has 1 atom stereocenters. The van der Waals surface area contributed by atoms with Crippen LogP contribution in [0.15, 0.2) is 68.6 Å². The summed E-state index contributed by atoms with van der Waals surface area (Å²) >= 11 is 0. The van der Waals surface area contributed by atoms with E-state index in [4.69, 9.17) is 9.15 Å². The summed E-state index contributed by atoms with van der Waals surface area (Å²) in [5.74, 6) is -1.18. The van der Waals surface area contributed by atoms with Crippen molar-refractivity contribution in [3.63, 3.8) is 0 Å². The van der Waals surface area contributed by atoms with Crippen molar-refractivity contribution in [1.82, 2.24) is 19.7 Å². The molecule has 2 aromatic carbocycles. The largest absolute Gasteiger partial charge is 0.453 e. The number of H-pyrrole nitrogens is 1. The fraction of sp³-hybridized carbons (Fsp3) is 0.150. The first kappa shape index (κ1) is 18.4. The van der Waals surface area contributed by atoms with Gasteiger partial charge >= 0.3 is 11.7 Å². The number of ether oxygens (including phenoxy) is 1. The molecule has 0 amide bonds. The Balaban J connectivity index is 1.50. The Morgan fingerprint density at radius 2 is 1.86 bits per heavy atom. The SMILES string of the molecule is CC(OC(=O)Cn1nc(-c2ccccc2)oc1=O)c1nc2ccccc2c(=O)[nH]1. The normalized spacial score (nSPS) is 12.0. The van der Waals surface area contributed by atoms with E-state index in [1.165, 1.54) is 0 Å². The number of esters is 1. The van der Waals surface area contributed by atoms with Crippen LogP contribution in [0, 0.1) is 0 Å². The number of hydrogen-bond acceptors (Lipinski definition) is 7. The van der Waals surface area contributed by atoms with E-state index in [1.807, 2.05) is 6.07 Å². The van der Waals surface area contributed by atoms with Gasteiger partial charge in [0.05, 0.1) is 10.9 Å². The zero-order valence-electron chi connectivity index (χ0n) is 15.4. The van der Waals surface area contributed by atoms with E-state index in [9.17, 15) is 14.4 Å². The highest BCUT2D eigenvalue weighted by Crippen LogP contribution is 2.16. The Labute approximate surface area is 163 Å². The summed E-state index contributed by atoms with van der Waals surface area (Å²) in [6.45, 7) is 1.14. The van der Waals surface area contributed by atoms with Crippen LogP contribution in [-0.2, 0) is 16.1 Å². The number of aromatic amines is 1. The lowest BCUT2D eigenvalue weighted by Gasteiger charge is -2.12. The second-order valence-corrected chi connectivity index (χ2v) is 6.30. The minimum Gasteiger partial charge on any atom is -0.453 e. The summed E-state index contributed by atoms with van der Waals surface area (Å²) < 4.78 is 11.3. The maximum atomic E-state index is 12.3. The number of benzene rings is 2. The molecule has 0 saturated carbocycles. The van der Waals surface area contributed by atoms with Gasteiger partial charge in [0.25, 0.3) is 5.56 Å². The van der Waals surface area contributed by atoms with Gasteiger partial charge in [0, 0.05) is 5.56 Å². The number of carbonyl (C=O) groups is 1. The molecule has 0 aliphatic carbocycles. The summed E-state index contributed by atoms with van der Waals surface area (Å²) in [6.07, 6.45) is -0.823. The average Bonchev–Trinajstić information content (AvgIpc) is 3.09. The smallest absolute Gasteiger partial charge is 0.437 e. The van der Waals surface area contributed by atoms with Crippen LogP contribution in [-0.4, -0.2) is 25.7 Å². The van der Waals surface area contributed by atoms with Crippen LogP contribution < -0.4 is 11.3 Å². The molecule has 1 unspecified atom stereocenters. The van der Waals surface area contributed by atoms with Gasteiger partial charge in [-0.15, -0.1) is 5.10 Å². The quantitative estimate of drug-likeness (QED) is 0.516. The van der Waals surface area contributed by atoms with E-state index < -0.39 is 24.4 Å². The lowest BCUT2D eigenvalue weighted by molar-refractivity contribution is -0.150. The number of nitrogens with zero attached hydrogens (tertiary/aromatic N) is 3. The molecule has 0 saturated heterocycles. The Hall–Kier alpha value is -4.01. The van der Waals surface area contributed by atoms with Gasteiger partial charge in [0.15, 0.2) is 11.9 Å². The predicted molar refractivity (Wildman–Crippen MR) is 103 cm³/mol. The zero-order valence-corrected chi connectivity index (χ0v) is 15.4. The molecule has 0 aliphatic rings. The van der Waals surface area contributed by atoms with E-state index >= 15 is 0 Å². The number of nitrogens with one attached hydrogen (secondary N) is 1.